The first-order valence-corrected chi connectivity index (χ1v) is 4.30. The number of fused-ring (bicyclic) bond motifs is 1. The normalized spacial score (nSPS) is 20.6. The Kier molecular flexibility index (Phi) is 1.85. The van der Waals surface area contributed by atoms with Gasteiger partial charge < -0.3 is 0 Å². The second-order valence-corrected chi connectivity index (χ2v) is 3.44. The highest BCUT2D eigenvalue weighted by molar-refractivity contribution is 6.30. The zero-order chi connectivity index (χ0) is 8.55. The van der Waals surface area contributed by atoms with Crippen LogP contribution in [-0.2, 0) is 6.42 Å². The molecule has 0 saturated heterocycles. The van der Waals surface area contributed by atoms with Crippen LogP contribution in [0.4, 0.5) is 0 Å². The highest BCUT2D eigenvalue weighted by atomic mass is 35.5. The Morgan fingerprint density at radius 2 is 2.33 bits per heavy atom. The molecular weight excluding hydrogens is 174 g/mol. The van der Waals surface area contributed by atoms with Crippen LogP contribution in [0.15, 0.2) is 23.4 Å². The molecule has 1 unspecified atom stereocenters. The zero-order valence-corrected chi connectivity index (χ0v) is 7.21. The first-order valence-electron chi connectivity index (χ1n) is 3.92. The molecule has 1 aliphatic rings. The summed E-state index contributed by atoms with van der Waals surface area (Å²) in [4.78, 5) is 10.4. The average molecular weight is 182 g/mol. The molecule has 0 amide bonds. The smallest absolute Gasteiger partial charge is 0.117 e. The van der Waals surface area contributed by atoms with Crippen molar-refractivity contribution in [3.05, 3.63) is 39.3 Å². The predicted octanol–water partition coefficient (Wildman–Crippen LogP) is 3.09. The molecule has 0 spiro atoms. The van der Waals surface area contributed by atoms with Crippen molar-refractivity contribution in [3.8, 4) is 0 Å². The Bertz CT molecular complexity index is 324. The van der Waals surface area contributed by atoms with Gasteiger partial charge in [0.15, 0.2) is 0 Å². The first kappa shape index (κ1) is 7.74. The number of halogens is 1. The average Bonchev–Trinajstić information content (AvgIpc) is 2.46. The highest BCUT2D eigenvalue weighted by Crippen LogP contribution is 2.35. The van der Waals surface area contributed by atoms with E-state index >= 15 is 0 Å². The van der Waals surface area contributed by atoms with Crippen LogP contribution in [0.2, 0.25) is 5.02 Å². The number of rotatable bonds is 1. The standard InChI is InChI=1S/C9H8ClNO/c10-7-3-1-6-2-4-9(11-12)8(6)5-7/h1,3,5,9H,2,4H2. The molecule has 0 heterocycles. The topological polar surface area (TPSA) is 29.4 Å². The Morgan fingerprint density at radius 3 is 3.08 bits per heavy atom. The molecule has 1 aromatic rings. The van der Waals surface area contributed by atoms with Crippen molar-refractivity contribution in [1.82, 2.24) is 0 Å². The van der Waals surface area contributed by atoms with E-state index in [-0.39, 0.29) is 6.04 Å². The summed E-state index contributed by atoms with van der Waals surface area (Å²) in [6.07, 6.45) is 1.78. The van der Waals surface area contributed by atoms with Crippen molar-refractivity contribution in [1.29, 1.82) is 0 Å². The lowest BCUT2D eigenvalue weighted by Gasteiger charge is -2.01. The fraction of sp³-hybridized carbons (Fsp3) is 0.333. The molecule has 0 bridgehead atoms. The second kappa shape index (κ2) is 2.87. The molecule has 2 nitrogen and oxygen atoms in total. The number of aryl methyl sites for hydroxylation is 1. The van der Waals surface area contributed by atoms with Crippen LogP contribution in [0.25, 0.3) is 0 Å². The zero-order valence-electron chi connectivity index (χ0n) is 6.46. The summed E-state index contributed by atoms with van der Waals surface area (Å²) in [5.74, 6) is 0. The van der Waals surface area contributed by atoms with Gasteiger partial charge in [-0.05, 0) is 36.1 Å². The van der Waals surface area contributed by atoms with Gasteiger partial charge in [-0.2, -0.15) is 4.91 Å². The Balaban J connectivity index is 2.49. The summed E-state index contributed by atoms with van der Waals surface area (Å²) < 4.78 is 0. The lowest BCUT2D eigenvalue weighted by molar-refractivity contribution is 0.710. The molecule has 0 aromatic heterocycles. The van der Waals surface area contributed by atoms with Crippen LogP contribution >= 0.6 is 11.6 Å². The Hall–Kier alpha value is -0.890. The van der Waals surface area contributed by atoms with Crippen LogP contribution in [0, 0.1) is 4.91 Å². The van der Waals surface area contributed by atoms with Gasteiger partial charge in [0.25, 0.3) is 0 Å². The quantitative estimate of drug-likeness (QED) is 0.613. The van der Waals surface area contributed by atoms with Crippen molar-refractivity contribution < 1.29 is 0 Å². The maximum Gasteiger partial charge on any atom is 0.117 e. The molecule has 0 aliphatic heterocycles. The molecule has 0 radical (unpaired) electrons. The lowest BCUT2D eigenvalue weighted by atomic mass is 10.1. The SMILES string of the molecule is O=NC1CCc2ccc(Cl)cc21. The largest absolute Gasteiger partial charge is 0.150 e. The summed E-state index contributed by atoms with van der Waals surface area (Å²) in [7, 11) is 0. The van der Waals surface area contributed by atoms with E-state index in [1.165, 1.54) is 5.56 Å². The van der Waals surface area contributed by atoms with Gasteiger partial charge >= 0.3 is 0 Å². The van der Waals surface area contributed by atoms with Crippen LogP contribution in [0.5, 0.6) is 0 Å². The molecular formula is C9H8ClNO. The molecule has 1 atom stereocenters. The van der Waals surface area contributed by atoms with E-state index in [2.05, 4.69) is 5.18 Å². The van der Waals surface area contributed by atoms with E-state index in [1.54, 1.807) is 0 Å². The van der Waals surface area contributed by atoms with Gasteiger partial charge in [0.2, 0.25) is 0 Å². The van der Waals surface area contributed by atoms with Crippen LogP contribution in [0.3, 0.4) is 0 Å². The summed E-state index contributed by atoms with van der Waals surface area (Å²) in [5, 5.41) is 3.75. The predicted molar refractivity (Wildman–Crippen MR) is 48.3 cm³/mol. The fourth-order valence-corrected chi connectivity index (χ4v) is 1.84. The van der Waals surface area contributed by atoms with Gasteiger partial charge in [-0.15, -0.1) is 0 Å². The minimum Gasteiger partial charge on any atom is -0.150 e. The number of hydrogen-bond donors (Lipinski definition) is 0. The summed E-state index contributed by atoms with van der Waals surface area (Å²) in [5.41, 5.74) is 2.22. The summed E-state index contributed by atoms with van der Waals surface area (Å²) >= 11 is 5.80. The van der Waals surface area contributed by atoms with E-state index in [4.69, 9.17) is 11.6 Å². The van der Waals surface area contributed by atoms with Gasteiger partial charge in [-0.25, -0.2) is 0 Å². The minimum absolute atomic E-state index is 0.168. The van der Waals surface area contributed by atoms with Gasteiger partial charge in [0.05, 0.1) is 0 Å². The van der Waals surface area contributed by atoms with Crippen molar-refractivity contribution >= 4 is 11.6 Å². The number of hydrogen-bond acceptors (Lipinski definition) is 2. The van der Waals surface area contributed by atoms with Gasteiger partial charge in [0.1, 0.15) is 6.04 Å². The third kappa shape index (κ3) is 1.12. The van der Waals surface area contributed by atoms with Crippen LogP contribution in [0.1, 0.15) is 23.6 Å². The maximum atomic E-state index is 10.4. The summed E-state index contributed by atoms with van der Waals surface area (Å²) in [6.45, 7) is 0. The minimum atomic E-state index is -0.168. The van der Waals surface area contributed by atoms with Gasteiger partial charge in [-0.1, -0.05) is 22.8 Å². The number of benzene rings is 1. The third-order valence-corrected chi connectivity index (χ3v) is 2.52. The fourth-order valence-electron chi connectivity index (χ4n) is 1.66. The first-order chi connectivity index (χ1) is 5.81. The highest BCUT2D eigenvalue weighted by Gasteiger charge is 2.22. The van der Waals surface area contributed by atoms with E-state index < -0.39 is 0 Å². The molecule has 1 aliphatic carbocycles. The van der Waals surface area contributed by atoms with E-state index in [9.17, 15) is 4.91 Å². The molecule has 12 heavy (non-hydrogen) atoms. The molecule has 0 fully saturated rings. The molecule has 1 aromatic carbocycles. The van der Waals surface area contributed by atoms with Crippen molar-refractivity contribution in [2.24, 2.45) is 5.18 Å². The van der Waals surface area contributed by atoms with Crippen LogP contribution < -0.4 is 0 Å². The van der Waals surface area contributed by atoms with Crippen molar-refractivity contribution in [2.75, 3.05) is 0 Å². The Morgan fingerprint density at radius 1 is 1.50 bits per heavy atom. The van der Waals surface area contributed by atoms with Crippen LogP contribution in [-0.4, -0.2) is 0 Å². The summed E-state index contributed by atoms with van der Waals surface area (Å²) in [6, 6.07) is 5.51. The monoisotopic (exact) mass is 181 g/mol. The molecule has 2 rings (SSSR count). The van der Waals surface area contributed by atoms with E-state index in [0.29, 0.717) is 5.02 Å². The van der Waals surface area contributed by atoms with Crippen molar-refractivity contribution in [3.63, 3.8) is 0 Å². The van der Waals surface area contributed by atoms with Crippen molar-refractivity contribution in [2.45, 2.75) is 18.9 Å². The van der Waals surface area contributed by atoms with Gasteiger partial charge in [0, 0.05) is 5.02 Å². The third-order valence-electron chi connectivity index (χ3n) is 2.28. The number of nitroso groups, excluding NO2 is 1. The maximum absolute atomic E-state index is 10.4. The Labute approximate surface area is 75.5 Å². The molecule has 0 saturated carbocycles. The van der Waals surface area contributed by atoms with Gasteiger partial charge in [-0.3, -0.25) is 0 Å². The molecule has 0 N–H and O–H groups in total. The number of nitrogens with zero attached hydrogens (tertiary/aromatic N) is 1. The molecule has 3 heteroatoms. The van der Waals surface area contributed by atoms with E-state index in [0.717, 1.165) is 18.4 Å². The lowest BCUT2D eigenvalue weighted by Crippen LogP contribution is -1.86. The second-order valence-electron chi connectivity index (χ2n) is 3.00. The van der Waals surface area contributed by atoms with E-state index in [1.807, 2.05) is 18.2 Å². The molecule has 62 valence electrons.